The summed E-state index contributed by atoms with van der Waals surface area (Å²) in [5.74, 6) is -2.01. The molecule has 12 heteroatoms. The number of alkyl halides is 1. The number of carbonyl (C=O) groups excluding carboxylic acids is 4. The van der Waals surface area contributed by atoms with Crippen LogP contribution in [0.2, 0.25) is 0 Å². The normalized spacial score (nSPS) is 16.3. The summed E-state index contributed by atoms with van der Waals surface area (Å²) in [6.07, 6.45) is 0.567. The summed E-state index contributed by atoms with van der Waals surface area (Å²) in [7, 11) is 1.78. The highest BCUT2D eigenvalue weighted by molar-refractivity contribution is 6.23. The summed E-state index contributed by atoms with van der Waals surface area (Å²) in [6, 6.07) is 22.7. The van der Waals surface area contributed by atoms with E-state index in [1.807, 2.05) is 53.4 Å². The Morgan fingerprint density at radius 1 is 0.882 bits per heavy atom. The van der Waals surface area contributed by atoms with Gasteiger partial charge in [0.1, 0.15) is 35.7 Å². The summed E-state index contributed by atoms with van der Waals surface area (Å²) < 4.78 is 21.2. The molecule has 1 unspecified atom stereocenters. The van der Waals surface area contributed by atoms with Crippen molar-refractivity contribution in [1.29, 1.82) is 0 Å². The topological polar surface area (TPSA) is 136 Å². The number of nitrogens with zero attached hydrogens (tertiary/aromatic N) is 2. The van der Waals surface area contributed by atoms with Gasteiger partial charge in [0.2, 0.25) is 11.8 Å². The number of phenolic OH excluding ortho intramolecular Hbond substituents is 2. The van der Waals surface area contributed by atoms with E-state index < -0.39 is 35.5 Å². The Kier molecular flexibility index (Phi) is 10.5. The maximum atomic E-state index is 15.2. The molecule has 262 valence electrons. The zero-order valence-corrected chi connectivity index (χ0v) is 28.5. The molecule has 2 aliphatic rings. The number of hydrogen-bond acceptors (Lipinski definition) is 8. The maximum Gasteiger partial charge on any atom is 0.262 e. The molecular weight excluding hydrogens is 677 g/mol. The van der Waals surface area contributed by atoms with Crippen LogP contribution in [0.3, 0.4) is 0 Å². The number of ether oxygens (including phenoxy) is 1. The van der Waals surface area contributed by atoms with Crippen LogP contribution in [0, 0.1) is 5.82 Å². The van der Waals surface area contributed by atoms with E-state index in [9.17, 15) is 29.4 Å². The van der Waals surface area contributed by atoms with E-state index in [-0.39, 0.29) is 54.2 Å². The molecule has 0 saturated carbocycles. The van der Waals surface area contributed by atoms with E-state index in [4.69, 9.17) is 16.3 Å². The number of nitrogens with one attached hydrogen (secondary N) is 1. The minimum atomic E-state index is -1.13. The third-order valence-corrected chi connectivity index (χ3v) is 9.14. The van der Waals surface area contributed by atoms with Gasteiger partial charge >= 0.3 is 0 Å². The predicted molar refractivity (Wildman–Crippen MR) is 189 cm³/mol. The molecular formula is C39H35ClFN3O7. The average molecular weight is 712 g/mol. The van der Waals surface area contributed by atoms with Crippen molar-refractivity contribution in [1.82, 2.24) is 15.1 Å². The first-order valence-electron chi connectivity index (χ1n) is 16.4. The number of carbonyl (C=O) groups is 4. The van der Waals surface area contributed by atoms with Gasteiger partial charge in [-0.1, -0.05) is 36.4 Å². The molecule has 0 radical (unpaired) electrons. The number of piperidine rings is 1. The van der Waals surface area contributed by atoms with Crippen LogP contribution in [0.1, 0.15) is 62.2 Å². The van der Waals surface area contributed by atoms with Gasteiger partial charge in [-0.2, -0.15) is 0 Å². The maximum absolute atomic E-state index is 15.2. The molecule has 0 aromatic heterocycles. The van der Waals surface area contributed by atoms with Crippen LogP contribution in [0.15, 0.2) is 84.9 Å². The molecule has 1 saturated heterocycles. The van der Waals surface area contributed by atoms with Crippen LogP contribution in [0.25, 0.3) is 11.1 Å². The Labute approximate surface area is 298 Å². The zero-order chi connectivity index (χ0) is 36.2. The third-order valence-electron chi connectivity index (χ3n) is 8.95. The van der Waals surface area contributed by atoms with E-state index in [0.29, 0.717) is 24.6 Å². The standard InChI is InChI=1S/C39H35ClFN3O7/c1-43(22-26-20-31-32(21-33(26)41)39(50)44(38(31)49)34-14-15-35(47)42-37(34)48)18-19-51-29-12-6-25(7-13-29)36(24-4-10-28(46)11-5-24)30(16-17-40)23-2-8-27(45)9-3-23/h2-13,20-21,34,45-46H,14-19,22H2,1H3,(H,42,47,48). The molecule has 0 bridgehead atoms. The van der Waals surface area contributed by atoms with E-state index in [2.05, 4.69) is 5.32 Å². The highest BCUT2D eigenvalue weighted by Gasteiger charge is 2.45. The average Bonchev–Trinajstić information content (AvgIpc) is 3.34. The van der Waals surface area contributed by atoms with Crippen molar-refractivity contribution < 1.29 is 38.5 Å². The minimum absolute atomic E-state index is 0.00512. The molecule has 6 rings (SSSR count). The largest absolute Gasteiger partial charge is 0.508 e. The van der Waals surface area contributed by atoms with Crippen LogP contribution in [-0.4, -0.2) is 75.8 Å². The Balaban J connectivity index is 1.13. The van der Waals surface area contributed by atoms with Gasteiger partial charge in [-0.3, -0.25) is 34.3 Å². The van der Waals surface area contributed by atoms with Crippen molar-refractivity contribution in [3.05, 3.63) is 124 Å². The number of allylic oxidation sites excluding steroid dienone is 1. The van der Waals surface area contributed by atoms with E-state index >= 15 is 4.39 Å². The second-order valence-corrected chi connectivity index (χ2v) is 12.8. The van der Waals surface area contributed by atoms with Crippen LogP contribution in [0.5, 0.6) is 17.2 Å². The van der Waals surface area contributed by atoms with Gasteiger partial charge < -0.3 is 14.9 Å². The van der Waals surface area contributed by atoms with Gasteiger partial charge in [0.15, 0.2) is 0 Å². The number of likely N-dealkylation sites (N-methyl/N-ethyl adjacent to an activating group) is 1. The van der Waals surface area contributed by atoms with Gasteiger partial charge in [0.25, 0.3) is 11.8 Å². The van der Waals surface area contributed by atoms with Crippen molar-refractivity contribution >= 4 is 46.4 Å². The number of aromatic hydroxyl groups is 2. The number of benzene rings is 4. The first-order valence-corrected chi connectivity index (χ1v) is 16.9. The molecule has 0 spiro atoms. The fourth-order valence-corrected chi connectivity index (χ4v) is 6.57. The summed E-state index contributed by atoms with van der Waals surface area (Å²) in [5, 5.41) is 21.9. The SMILES string of the molecule is CN(CCOc1ccc(C(=C(CCCl)c2ccc(O)cc2)c2ccc(O)cc2)cc1)Cc1cc2c(cc1F)C(=O)N(C1CCC(=O)NC1=O)C2=O. The van der Waals surface area contributed by atoms with Crippen molar-refractivity contribution in [2.45, 2.75) is 31.8 Å². The highest BCUT2D eigenvalue weighted by Crippen LogP contribution is 2.37. The number of halogens is 2. The molecule has 10 nitrogen and oxygen atoms in total. The van der Waals surface area contributed by atoms with Gasteiger partial charge in [0, 0.05) is 31.0 Å². The monoisotopic (exact) mass is 711 g/mol. The zero-order valence-electron chi connectivity index (χ0n) is 27.7. The van der Waals surface area contributed by atoms with Crippen molar-refractivity contribution in [3.8, 4) is 17.2 Å². The van der Waals surface area contributed by atoms with Gasteiger partial charge in [-0.15, -0.1) is 11.6 Å². The molecule has 1 fully saturated rings. The minimum Gasteiger partial charge on any atom is -0.508 e. The van der Waals surface area contributed by atoms with Crippen LogP contribution >= 0.6 is 11.6 Å². The lowest BCUT2D eigenvalue weighted by Crippen LogP contribution is -2.54. The smallest absolute Gasteiger partial charge is 0.262 e. The molecule has 4 aromatic carbocycles. The van der Waals surface area contributed by atoms with Gasteiger partial charge in [-0.05, 0) is 96.3 Å². The third kappa shape index (κ3) is 7.64. The number of hydrogen-bond donors (Lipinski definition) is 3. The molecule has 2 heterocycles. The molecule has 4 aromatic rings. The number of phenols is 2. The highest BCUT2D eigenvalue weighted by atomic mass is 35.5. The molecule has 4 amide bonds. The summed E-state index contributed by atoms with van der Waals surface area (Å²) in [6.45, 7) is 0.810. The first kappa shape index (κ1) is 35.3. The summed E-state index contributed by atoms with van der Waals surface area (Å²) in [4.78, 5) is 52.7. The van der Waals surface area contributed by atoms with Crippen LogP contribution in [0.4, 0.5) is 4.39 Å². The number of imide groups is 2. The van der Waals surface area contributed by atoms with Gasteiger partial charge in [0.05, 0.1) is 11.1 Å². The lowest BCUT2D eigenvalue weighted by atomic mass is 9.88. The van der Waals surface area contributed by atoms with Crippen molar-refractivity contribution in [2.24, 2.45) is 0 Å². The summed E-state index contributed by atoms with van der Waals surface area (Å²) >= 11 is 6.25. The number of rotatable bonds is 12. The van der Waals surface area contributed by atoms with Crippen molar-refractivity contribution in [2.75, 3.05) is 26.1 Å². The fourth-order valence-electron chi connectivity index (χ4n) is 6.38. The lowest BCUT2D eigenvalue weighted by Gasteiger charge is -2.27. The number of fused-ring (bicyclic) bond motifs is 1. The Bertz CT molecular complexity index is 2010. The van der Waals surface area contributed by atoms with E-state index in [0.717, 1.165) is 38.8 Å². The van der Waals surface area contributed by atoms with Crippen molar-refractivity contribution in [3.63, 3.8) is 0 Å². The molecule has 0 aliphatic carbocycles. The predicted octanol–water partition coefficient (Wildman–Crippen LogP) is 5.74. The Morgan fingerprint density at radius 3 is 2.04 bits per heavy atom. The molecule has 1 atom stereocenters. The molecule has 3 N–H and O–H groups in total. The Hall–Kier alpha value is -5.52. The summed E-state index contributed by atoms with van der Waals surface area (Å²) in [5.41, 5.74) is 4.69. The van der Waals surface area contributed by atoms with E-state index in [1.54, 1.807) is 31.3 Å². The van der Waals surface area contributed by atoms with Gasteiger partial charge in [-0.25, -0.2) is 4.39 Å². The second kappa shape index (κ2) is 15.2. The fraction of sp³-hybridized carbons (Fsp3) is 0.231. The number of amides is 4. The van der Waals surface area contributed by atoms with Crippen LogP contribution in [-0.2, 0) is 16.1 Å². The Morgan fingerprint density at radius 2 is 1.45 bits per heavy atom. The lowest BCUT2D eigenvalue weighted by molar-refractivity contribution is -0.136. The van der Waals surface area contributed by atoms with Crippen LogP contribution < -0.4 is 10.1 Å². The molecule has 2 aliphatic heterocycles. The molecule has 51 heavy (non-hydrogen) atoms. The second-order valence-electron chi connectivity index (χ2n) is 12.4. The van der Waals surface area contributed by atoms with E-state index in [1.165, 1.54) is 6.07 Å². The quantitative estimate of drug-likeness (QED) is 0.0963. The first-order chi connectivity index (χ1) is 24.5.